The molecule has 4 aliphatic carbocycles. The summed E-state index contributed by atoms with van der Waals surface area (Å²) in [6.45, 7) is 3.19. The van der Waals surface area contributed by atoms with Gasteiger partial charge in [-0.25, -0.2) is 0 Å². The van der Waals surface area contributed by atoms with Gasteiger partial charge in [0, 0.05) is 52.7 Å². The Hall–Kier alpha value is 0.495. The SMILES string of the molecule is CO.O=C[C@@H]1[C@@H]2CCC3(OCCO3)[C@H]12.OC[C@@H]1[C@@H]2CCC3(OCCO3)[C@H]12.[B].[H-].[Na+]. The summed E-state index contributed by atoms with van der Waals surface area (Å²) in [6, 6.07) is 0. The van der Waals surface area contributed by atoms with Crippen LogP contribution in [-0.2, 0) is 23.7 Å². The van der Waals surface area contributed by atoms with Crippen LogP contribution in [0.2, 0.25) is 0 Å². The van der Waals surface area contributed by atoms with Crippen molar-refractivity contribution in [1.29, 1.82) is 0 Å². The summed E-state index contributed by atoms with van der Waals surface area (Å²) in [7, 11) is 1.00. The fourth-order valence-corrected chi connectivity index (χ4v) is 6.00. The molecule has 4 saturated carbocycles. The topological polar surface area (TPSA) is 94.5 Å². The fourth-order valence-electron chi connectivity index (χ4n) is 6.00. The molecule has 9 heteroatoms. The Balaban J connectivity index is 0.000000244. The molecule has 28 heavy (non-hydrogen) atoms. The summed E-state index contributed by atoms with van der Waals surface area (Å²) < 4.78 is 22.5. The molecule has 6 atom stereocenters. The van der Waals surface area contributed by atoms with Crippen molar-refractivity contribution in [3.63, 3.8) is 0 Å². The van der Waals surface area contributed by atoms with Crippen molar-refractivity contribution < 1.29 is 64.9 Å². The van der Waals surface area contributed by atoms with Gasteiger partial charge in [0.1, 0.15) is 6.29 Å². The van der Waals surface area contributed by atoms with Crippen molar-refractivity contribution in [1.82, 2.24) is 0 Å². The summed E-state index contributed by atoms with van der Waals surface area (Å²) in [6.07, 6.45) is 5.39. The van der Waals surface area contributed by atoms with E-state index in [2.05, 4.69) is 0 Å². The van der Waals surface area contributed by atoms with Crippen LogP contribution in [-0.4, -0.2) is 76.6 Å². The van der Waals surface area contributed by atoms with E-state index in [4.69, 9.17) is 29.2 Å². The zero-order valence-electron chi connectivity index (χ0n) is 17.9. The summed E-state index contributed by atoms with van der Waals surface area (Å²) in [5.41, 5.74) is 0. The van der Waals surface area contributed by atoms with Gasteiger partial charge in [-0.1, -0.05) is 0 Å². The third kappa shape index (κ3) is 3.89. The van der Waals surface area contributed by atoms with E-state index in [1.165, 1.54) is 6.42 Å². The van der Waals surface area contributed by atoms with E-state index < -0.39 is 0 Å². The van der Waals surface area contributed by atoms with E-state index in [-0.39, 0.29) is 56.9 Å². The van der Waals surface area contributed by atoms with Crippen LogP contribution in [0, 0.1) is 35.5 Å². The van der Waals surface area contributed by atoms with Crippen molar-refractivity contribution in [2.24, 2.45) is 35.5 Å². The Kier molecular flexibility index (Phi) is 8.62. The summed E-state index contributed by atoms with van der Waals surface area (Å²) in [5, 5.41) is 16.0. The fraction of sp³-hybridized carbons (Fsp3) is 0.947. The van der Waals surface area contributed by atoms with Crippen LogP contribution in [0.15, 0.2) is 0 Å². The minimum Gasteiger partial charge on any atom is -1.00 e. The number of ether oxygens (including phenoxy) is 4. The Morgan fingerprint density at radius 2 is 1.39 bits per heavy atom. The van der Waals surface area contributed by atoms with E-state index in [9.17, 15) is 4.79 Å². The van der Waals surface area contributed by atoms with Crippen molar-refractivity contribution in [3.05, 3.63) is 0 Å². The molecule has 3 radical (unpaired) electrons. The number of fused-ring (bicyclic) bond motifs is 4. The Bertz CT molecular complexity index is 516. The van der Waals surface area contributed by atoms with E-state index in [0.29, 0.717) is 49.4 Å². The molecule has 2 aliphatic heterocycles. The van der Waals surface area contributed by atoms with Crippen LogP contribution in [0.3, 0.4) is 0 Å². The average molecular weight is 405 g/mol. The first kappa shape index (κ1) is 24.8. The maximum atomic E-state index is 10.6. The number of rotatable bonds is 2. The van der Waals surface area contributed by atoms with Gasteiger partial charge in [-0.05, 0) is 30.6 Å². The van der Waals surface area contributed by atoms with Gasteiger partial charge in [-0.2, -0.15) is 0 Å². The van der Waals surface area contributed by atoms with Gasteiger partial charge in [-0.15, -0.1) is 0 Å². The van der Waals surface area contributed by atoms with Gasteiger partial charge >= 0.3 is 29.6 Å². The second-order valence-corrected chi connectivity index (χ2v) is 8.03. The van der Waals surface area contributed by atoms with Crippen molar-refractivity contribution >= 4 is 14.7 Å². The first-order valence-corrected chi connectivity index (χ1v) is 9.81. The van der Waals surface area contributed by atoms with Gasteiger partial charge in [0.15, 0.2) is 11.6 Å². The molecule has 0 unspecified atom stereocenters. The summed E-state index contributed by atoms with van der Waals surface area (Å²) in [4.78, 5) is 10.6. The molecule has 0 aromatic rings. The standard InChI is InChI=1S/C9H14O3.C9H12O3.CH4O.B.Na.H/c2*10-5-7-6-1-2-9(8(6)7)11-3-4-12-9;1-2;;;/h6-8,10H,1-5H2;5-8H,1-4H2;2H,1H3;;;/q;;;;+1;-1/t2*6-,7+,8-;;;;/m00..../s1. The Labute approximate surface area is 192 Å². The molecular weight excluding hydrogens is 374 g/mol. The van der Waals surface area contributed by atoms with E-state index in [1.807, 2.05) is 0 Å². The molecule has 2 spiro atoms. The number of hydrogen-bond donors (Lipinski definition) is 2. The molecule has 153 valence electrons. The molecule has 2 saturated heterocycles. The summed E-state index contributed by atoms with van der Waals surface area (Å²) in [5.74, 6) is 2.25. The molecule has 0 aromatic heterocycles. The minimum atomic E-state index is -0.337. The number of aldehydes is 1. The molecule has 2 N–H and O–H groups in total. The van der Waals surface area contributed by atoms with Crippen LogP contribution in [0.5, 0.6) is 0 Å². The second kappa shape index (κ2) is 9.75. The van der Waals surface area contributed by atoms with Crippen LogP contribution in [0.1, 0.15) is 27.1 Å². The van der Waals surface area contributed by atoms with Gasteiger partial charge in [0.2, 0.25) is 0 Å². The van der Waals surface area contributed by atoms with E-state index >= 15 is 0 Å². The van der Waals surface area contributed by atoms with Crippen LogP contribution in [0.25, 0.3) is 0 Å². The number of aliphatic hydroxyl groups excluding tert-OH is 2. The van der Waals surface area contributed by atoms with Crippen molar-refractivity contribution in [3.8, 4) is 0 Å². The zero-order chi connectivity index (χ0) is 18.4. The normalized spacial score (nSPS) is 41.4. The third-order valence-electron chi connectivity index (χ3n) is 7.15. The van der Waals surface area contributed by atoms with E-state index in [1.54, 1.807) is 0 Å². The van der Waals surface area contributed by atoms with Crippen LogP contribution >= 0.6 is 0 Å². The van der Waals surface area contributed by atoms with Gasteiger partial charge < -0.3 is 35.4 Å². The number of carbonyl (C=O) groups excluding carboxylic acids is 1. The molecule has 7 nitrogen and oxygen atoms in total. The summed E-state index contributed by atoms with van der Waals surface area (Å²) >= 11 is 0. The molecular formula is C19H31BNaO7. The van der Waals surface area contributed by atoms with Crippen LogP contribution < -0.4 is 29.6 Å². The second-order valence-electron chi connectivity index (χ2n) is 8.03. The van der Waals surface area contributed by atoms with Gasteiger partial charge in [-0.3, -0.25) is 0 Å². The monoisotopic (exact) mass is 405 g/mol. The molecule has 0 aromatic carbocycles. The molecule has 0 amide bonds. The quantitative estimate of drug-likeness (QED) is 0.382. The predicted octanol–water partition coefficient (Wildman–Crippen LogP) is -2.69. The molecule has 6 rings (SSSR count). The smallest absolute Gasteiger partial charge is 1.00 e. The van der Waals surface area contributed by atoms with Gasteiger partial charge in [0.25, 0.3) is 0 Å². The van der Waals surface area contributed by atoms with Gasteiger partial charge in [0.05, 0.1) is 26.4 Å². The number of carbonyl (C=O) groups is 1. The predicted molar refractivity (Wildman–Crippen MR) is 96.8 cm³/mol. The van der Waals surface area contributed by atoms with Crippen molar-refractivity contribution in [2.75, 3.05) is 40.1 Å². The molecule has 6 aliphatic rings. The number of hydrogen-bond acceptors (Lipinski definition) is 7. The zero-order valence-corrected chi connectivity index (χ0v) is 18.9. The average Bonchev–Trinajstić information content (AvgIpc) is 3.20. The first-order chi connectivity index (χ1) is 12.7. The minimum absolute atomic E-state index is 0. The molecule has 6 fully saturated rings. The number of aliphatic hydroxyl groups is 2. The Morgan fingerprint density at radius 3 is 1.79 bits per heavy atom. The first-order valence-electron chi connectivity index (χ1n) is 9.81. The maximum Gasteiger partial charge on any atom is 1.00 e. The Morgan fingerprint density at radius 1 is 0.929 bits per heavy atom. The van der Waals surface area contributed by atoms with Crippen molar-refractivity contribution in [2.45, 2.75) is 37.3 Å². The molecule has 0 bridgehead atoms. The van der Waals surface area contributed by atoms with E-state index in [0.717, 1.165) is 45.9 Å². The molecule has 2 heterocycles. The third-order valence-corrected chi connectivity index (χ3v) is 7.15. The maximum absolute atomic E-state index is 10.6. The largest absolute Gasteiger partial charge is 1.00 e. The van der Waals surface area contributed by atoms with Crippen LogP contribution in [0.4, 0.5) is 0 Å².